The molecule has 0 unspecified atom stereocenters. The fraction of sp³-hybridized carbons (Fsp3) is 0.800. The van der Waals surface area contributed by atoms with Crippen molar-refractivity contribution in [2.24, 2.45) is 11.8 Å². The minimum absolute atomic E-state index is 0.111. The predicted octanol–water partition coefficient (Wildman–Crippen LogP) is 1.72. The lowest BCUT2D eigenvalue weighted by Crippen LogP contribution is -2.15. The Morgan fingerprint density at radius 3 is 2.75 bits per heavy atom. The molecule has 12 heavy (non-hydrogen) atoms. The second kappa shape index (κ2) is 3.00. The van der Waals surface area contributed by atoms with Gasteiger partial charge in [-0.1, -0.05) is 6.42 Å². The Hall–Kier alpha value is -0.660. The zero-order valence-corrected chi connectivity index (χ0v) is 7.21. The van der Waals surface area contributed by atoms with Crippen LogP contribution in [-0.2, 0) is 9.59 Å². The van der Waals surface area contributed by atoms with Gasteiger partial charge < -0.3 is 0 Å². The predicted molar refractivity (Wildman–Crippen MR) is 44.7 cm³/mol. The van der Waals surface area contributed by atoms with Crippen LogP contribution in [0.25, 0.3) is 0 Å². The van der Waals surface area contributed by atoms with Gasteiger partial charge in [-0.3, -0.25) is 9.59 Å². The maximum absolute atomic E-state index is 11.5. The molecular weight excluding hydrogens is 152 g/mol. The van der Waals surface area contributed by atoms with Gasteiger partial charge in [0.2, 0.25) is 0 Å². The molecule has 0 aromatic heterocycles. The summed E-state index contributed by atoms with van der Waals surface area (Å²) in [6.07, 6.45) is 5.22. The highest BCUT2D eigenvalue weighted by Gasteiger charge is 2.37. The molecule has 0 radical (unpaired) electrons. The van der Waals surface area contributed by atoms with Crippen molar-refractivity contribution in [1.29, 1.82) is 0 Å². The minimum Gasteiger partial charge on any atom is -0.300 e. The van der Waals surface area contributed by atoms with E-state index in [9.17, 15) is 9.59 Å². The van der Waals surface area contributed by atoms with Crippen LogP contribution in [-0.4, -0.2) is 11.6 Å². The lowest BCUT2D eigenvalue weighted by molar-refractivity contribution is -0.125. The average molecular weight is 166 g/mol. The third-order valence-electron chi connectivity index (χ3n) is 3.17. The number of Topliss-reactive ketones (excluding diaryl/α,β-unsaturated/α-hetero) is 2. The smallest absolute Gasteiger partial charge is 0.136 e. The molecule has 2 aliphatic carbocycles. The van der Waals surface area contributed by atoms with Gasteiger partial charge in [-0.15, -0.1) is 0 Å². The highest BCUT2D eigenvalue weighted by molar-refractivity contribution is 5.91. The molecule has 0 saturated heterocycles. The van der Waals surface area contributed by atoms with Crippen molar-refractivity contribution in [3.8, 4) is 0 Å². The molecule has 0 aromatic rings. The summed E-state index contributed by atoms with van der Waals surface area (Å²) >= 11 is 0. The maximum Gasteiger partial charge on any atom is 0.136 e. The molecule has 2 aliphatic rings. The van der Waals surface area contributed by atoms with E-state index in [1.165, 1.54) is 0 Å². The first kappa shape index (κ1) is 7.96. The average Bonchev–Trinajstić information content (AvgIpc) is 2.33. The number of ketones is 2. The van der Waals surface area contributed by atoms with E-state index < -0.39 is 0 Å². The molecule has 2 saturated carbocycles. The molecule has 0 spiro atoms. The van der Waals surface area contributed by atoms with Crippen LogP contribution in [0.3, 0.4) is 0 Å². The standard InChI is InChI=1S/C10H14O2/c11-8-5-7-3-1-2-4-10(12)9(7)6-8/h7,9H,1-6H2/t7-,9-/m0/s1. The highest BCUT2D eigenvalue weighted by Crippen LogP contribution is 2.37. The summed E-state index contributed by atoms with van der Waals surface area (Å²) in [5.74, 6) is 1.18. The number of hydrogen-bond donors (Lipinski definition) is 0. The van der Waals surface area contributed by atoms with E-state index in [4.69, 9.17) is 0 Å². The third kappa shape index (κ3) is 1.30. The Labute approximate surface area is 72.3 Å². The zero-order valence-electron chi connectivity index (χ0n) is 7.21. The quantitative estimate of drug-likeness (QED) is 0.549. The van der Waals surface area contributed by atoms with Gasteiger partial charge in [0, 0.05) is 25.2 Å². The molecule has 2 nitrogen and oxygen atoms in total. The number of rotatable bonds is 0. The van der Waals surface area contributed by atoms with Crippen LogP contribution in [0.1, 0.15) is 38.5 Å². The van der Waals surface area contributed by atoms with Crippen molar-refractivity contribution < 1.29 is 9.59 Å². The summed E-state index contributed by atoms with van der Waals surface area (Å²) in [5, 5.41) is 0. The lowest BCUT2D eigenvalue weighted by Gasteiger charge is -2.11. The Bertz CT molecular complexity index is 220. The topological polar surface area (TPSA) is 34.1 Å². The highest BCUT2D eigenvalue weighted by atomic mass is 16.1. The van der Waals surface area contributed by atoms with Gasteiger partial charge >= 0.3 is 0 Å². The Morgan fingerprint density at radius 2 is 1.92 bits per heavy atom. The summed E-state index contributed by atoms with van der Waals surface area (Å²) in [5.41, 5.74) is 0. The van der Waals surface area contributed by atoms with Gasteiger partial charge in [0.05, 0.1) is 0 Å². The number of fused-ring (bicyclic) bond motifs is 1. The van der Waals surface area contributed by atoms with Crippen LogP contribution in [0.5, 0.6) is 0 Å². The second-order valence-corrected chi connectivity index (χ2v) is 4.03. The lowest BCUT2D eigenvalue weighted by atomic mass is 9.91. The van der Waals surface area contributed by atoms with Crippen LogP contribution >= 0.6 is 0 Å². The first-order valence-electron chi connectivity index (χ1n) is 4.82. The Morgan fingerprint density at radius 1 is 1.08 bits per heavy atom. The molecule has 2 fully saturated rings. The monoisotopic (exact) mass is 166 g/mol. The van der Waals surface area contributed by atoms with Crippen LogP contribution in [0, 0.1) is 11.8 Å². The summed E-state index contributed by atoms with van der Waals surface area (Å²) in [4.78, 5) is 22.6. The summed E-state index contributed by atoms with van der Waals surface area (Å²) in [6, 6.07) is 0. The van der Waals surface area contributed by atoms with Gasteiger partial charge in [-0.05, 0) is 18.8 Å². The Balaban J connectivity index is 2.14. The second-order valence-electron chi connectivity index (χ2n) is 4.03. The van der Waals surface area contributed by atoms with E-state index in [0.29, 0.717) is 36.7 Å². The Kier molecular flexibility index (Phi) is 1.99. The fourth-order valence-electron chi connectivity index (χ4n) is 2.50. The van der Waals surface area contributed by atoms with Gasteiger partial charge in [0.1, 0.15) is 11.6 Å². The van der Waals surface area contributed by atoms with Gasteiger partial charge in [0.15, 0.2) is 0 Å². The van der Waals surface area contributed by atoms with Crippen molar-refractivity contribution in [3.05, 3.63) is 0 Å². The van der Waals surface area contributed by atoms with E-state index in [2.05, 4.69) is 0 Å². The molecule has 2 atom stereocenters. The first-order chi connectivity index (χ1) is 5.77. The molecule has 2 heteroatoms. The van der Waals surface area contributed by atoms with E-state index in [1.54, 1.807) is 0 Å². The maximum atomic E-state index is 11.5. The summed E-state index contributed by atoms with van der Waals surface area (Å²) in [7, 11) is 0. The molecule has 0 bridgehead atoms. The number of hydrogen-bond acceptors (Lipinski definition) is 2. The largest absolute Gasteiger partial charge is 0.300 e. The van der Waals surface area contributed by atoms with E-state index in [1.807, 2.05) is 0 Å². The van der Waals surface area contributed by atoms with Crippen LogP contribution in [0.4, 0.5) is 0 Å². The molecule has 66 valence electrons. The van der Waals surface area contributed by atoms with Crippen LogP contribution in [0.15, 0.2) is 0 Å². The molecule has 0 aromatic carbocycles. The van der Waals surface area contributed by atoms with E-state index in [0.717, 1.165) is 19.3 Å². The van der Waals surface area contributed by atoms with Gasteiger partial charge in [0.25, 0.3) is 0 Å². The molecule has 0 N–H and O–H groups in total. The van der Waals surface area contributed by atoms with Crippen molar-refractivity contribution >= 4 is 11.6 Å². The van der Waals surface area contributed by atoms with Crippen LogP contribution < -0.4 is 0 Å². The fourth-order valence-corrected chi connectivity index (χ4v) is 2.50. The van der Waals surface area contributed by atoms with Gasteiger partial charge in [-0.2, -0.15) is 0 Å². The van der Waals surface area contributed by atoms with Crippen molar-refractivity contribution in [2.75, 3.05) is 0 Å². The van der Waals surface area contributed by atoms with E-state index in [-0.39, 0.29) is 5.92 Å². The molecule has 2 rings (SSSR count). The van der Waals surface area contributed by atoms with Crippen molar-refractivity contribution in [3.63, 3.8) is 0 Å². The van der Waals surface area contributed by atoms with Crippen molar-refractivity contribution in [2.45, 2.75) is 38.5 Å². The first-order valence-corrected chi connectivity index (χ1v) is 4.82. The van der Waals surface area contributed by atoms with Crippen LogP contribution in [0.2, 0.25) is 0 Å². The molecule has 0 amide bonds. The zero-order chi connectivity index (χ0) is 8.55. The van der Waals surface area contributed by atoms with Crippen molar-refractivity contribution in [1.82, 2.24) is 0 Å². The summed E-state index contributed by atoms with van der Waals surface area (Å²) in [6.45, 7) is 0. The molecule has 0 heterocycles. The third-order valence-corrected chi connectivity index (χ3v) is 3.17. The molecular formula is C10H14O2. The normalized spacial score (nSPS) is 36.3. The van der Waals surface area contributed by atoms with Gasteiger partial charge in [-0.25, -0.2) is 0 Å². The van der Waals surface area contributed by atoms with E-state index >= 15 is 0 Å². The SMILES string of the molecule is O=C1C[C@@H]2CCCCC(=O)[C@H]2C1. The number of carbonyl (C=O) groups excluding carboxylic acids is 2. The molecule has 0 aliphatic heterocycles. The summed E-state index contributed by atoms with van der Waals surface area (Å²) < 4.78 is 0. The number of carbonyl (C=O) groups is 2. The minimum atomic E-state index is 0.111.